The Kier molecular flexibility index (Phi) is 8.52. The molecule has 0 N–H and O–H groups in total. The number of methoxy groups -OCH3 is 2. The predicted octanol–water partition coefficient (Wildman–Crippen LogP) is 7.14. The molecule has 0 aromatic heterocycles. The van der Waals surface area contributed by atoms with Crippen LogP contribution in [0.4, 0.5) is 26.3 Å². The summed E-state index contributed by atoms with van der Waals surface area (Å²) in [6, 6.07) is 19.8. The molecule has 0 unspecified atom stereocenters. The largest absolute Gasteiger partial charge is 0.471 e. The fraction of sp³-hybridized carbons (Fsp3) is 0.308. The van der Waals surface area contributed by atoms with E-state index in [4.69, 9.17) is 9.47 Å². The molecule has 0 spiro atoms. The first-order chi connectivity index (χ1) is 17.0. The summed E-state index contributed by atoms with van der Waals surface area (Å²) in [5, 5.41) is 2.40. The van der Waals surface area contributed by atoms with Crippen LogP contribution in [0.15, 0.2) is 72.5 Å². The molecule has 0 amide bonds. The maximum absolute atomic E-state index is 13.4. The topological polar surface area (TPSA) is 36.9 Å². The fourth-order valence-corrected chi connectivity index (χ4v) is 3.79. The Morgan fingerprint density at radius 2 is 1.31 bits per heavy atom. The van der Waals surface area contributed by atoms with Crippen LogP contribution in [-0.4, -0.2) is 40.2 Å². The molecule has 3 aromatic rings. The normalized spacial score (nSPS) is 14.8. The molecule has 0 atom stereocenters. The van der Waals surface area contributed by atoms with E-state index < -0.39 is 36.7 Å². The quantitative estimate of drug-likeness (QED) is 0.259. The monoisotopic (exact) mass is 514 g/mol. The van der Waals surface area contributed by atoms with Gasteiger partial charge >= 0.3 is 12.4 Å². The summed E-state index contributed by atoms with van der Waals surface area (Å²) in [5.74, 6) is -0.362. The second-order valence-electron chi connectivity index (χ2n) is 7.90. The van der Waals surface area contributed by atoms with Crippen LogP contribution >= 0.6 is 0 Å². The number of alkyl halides is 6. The highest BCUT2D eigenvalue weighted by Gasteiger charge is 2.74. The summed E-state index contributed by atoms with van der Waals surface area (Å²) in [6.45, 7) is -0.416. The van der Waals surface area contributed by atoms with Crippen LogP contribution in [0.25, 0.3) is 16.8 Å². The molecule has 10 heteroatoms. The molecule has 4 nitrogen and oxygen atoms in total. The number of ether oxygens (including phenoxy) is 4. The van der Waals surface area contributed by atoms with Gasteiger partial charge in [-0.3, -0.25) is 0 Å². The van der Waals surface area contributed by atoms with Crippen molar-refractivity contribution in [1.29, 1.82) is 0 Å². The Labute approximate surface area is 204 Å². The molecule has 1 aliphatic carbocycles. The fourth-order valence-electron chi connectivity index (χ4n) is 3.79. The Bertz CT molecular complexity index is 1170. The summed E-state index contributed by atoms with van der Waals surface area (Å²) in [7, 11) is 2.72. The highest BCUT2D eigenvalue weighted by molar-refractivity contribution is 5.83. The molecule has 3 aromatic carbocycles. The highest BCUT2D eigenvalue weighted by atomic mass is 19.4. The van der Waals surface area contributed by atoms with Crippen LogP contribution in [-0.2, 0) is 20.6 Å². The van der Waals surface area contributed by atoms with Gasteiger partial charge in [0.05, 0.1) is 0 Å². The molecule has 0 bridgehead atoms. The number of benzene rings is 3. The number of allylic oxidation sites excluding steroid dienone is 1. The molecule has 0 saturated carbocycles. The molecule has 1 aliphatic rings. The van der Waals surface area contributed by atoms with Crippen molar-refractivity contribution in [1.82, 2.24) is 0 Å². The summed E-state index contributed by atoms with van der Waals surface area (Å²) in [6.07, 6.45) is -11.6. The van der Waals surface area contributed by atoms with Gasteiger partial charge in [-0.2, -0.15) is 26.3 Å². The van der Waals surface area contributed by atoms with E-state index in [1.807, 2.05) is 30.3 Å². The zero-order valence-corrected chi connectivity index (χ0v) is 19.5. The van der Waals surface area contributed by atoms with Crippen molar-refractivity contribution in [2.75, 3.05) is 27.8 Å². The van der Waals surface area contributed by atoms with Crippen molar-refractivity contribution in [3.63, 3.8) is 0 Å². The van der Waals surface area contributed by atoms with Crippen LogP contribution in [0.3, 0.4) is 0 Å². The van der Waals surface area contributed by atoms with E-state index in [0.717, 1.165) is 18.9 Å². The summed E-state index contributed by atoms with van der Waals surface area (Å²) < 4.78 is 99.6. The van der Waals surface area contributed by atoms with E-state index in [9.17, 15) is 26.3 Å². The third kappa shape index (κ3) is 5.76. The van der Waals surface area contributed by atoms with E-state index in [2.05, 4.69) is 21.6 Å². The highest BCUT2D eigenvalue weighted by Crippen LogP contribution is 2.59. The second-order valence-corrected chi connectivity index (χ2v) is 7.90. The molecule has 194 valence electrons. The van der Waals surface area contributed by atoms with Gasteiger partial charge in [-0.05, 0) is 40.1 Å². The maximum atomic E-state index is 13.4. The van der Waals surface area contributed by atoms with Crippen molar-refractivity contribution >= 4 is 16.8 Å². The maximum Gasteiger partial charge on any atom is 0.410 e. The zero-order valence-electron chi connectivity index (χ0n) is 19.5. The zero-order chi connectivity index (χ0) is 26.4. The van der Waals surface area contributed by atoms with Gasteiger partial charge < -0.3 is 18.9 Å². The molecule has 4 rings (SSSR count). The molecule has 0 heterocycles. The molecule has 36 heavy (non-hydrogen) atoms. The average molecular weight is 514 g/mol. The van der Waals surface area contributed by atoms with Crippen molar-refractivity contribution in [3.8, 4) is 5.75 Å². The number of hydrogen-bond acceptors (Lipinski definition) is 4. The third-order valence-corrected chi connectivity index (χ3v) is 5.58. The Balaban J connectivity index is 0.000000221. The minimum Gasteiger partial charge on any atom is -0.471 e. The Morgan fingerprint density at radius 1 is 0.722 bits per heavy atom. The van der Waals surface area contributed by atoms with Gasteiger partial charge in [0, 0.05) is 20.6 Å². The summed E-state index contributed by atoms with van der Waals surface area (Å²) >= 11 is 0. The lowest BCUT2D eigenvalue weighted by molar-refractivity contribution is -0.337. The average Bonchev–Trinajstić information content (AvgIpc) is 2.84. The van der Waals surface area contributed by atoms with Crippen LogP contribution < -0.4 is 4.74 Å². The van der Waals surface area contributed by atoms with Crippen LogP contribution in [0.5, 0.6) is 5.75 Å². The number of hydrogen-bond donors (Lipinski definition) is 0. The van der Waals surface area contributed by atoms with Crippen LogP contribution in [0.1, 0.15) is 11.1 Å². The van der Waals surface area contributed by atoms with Gasteiger partial charge in [0.15, 0.2) is 13.6 Å². The first-order valence-corrected chi connectivity index (χ1v) is 10.7. The minimum atomic E-state index is -5.56. The van der Waals surface area contributed by atoms with Crippen molar-refractivity contribution in [2.45, 2.75) is 18.8 Å². The van der Waals surface area contributed by atoms with Crippen LogP contribution in [0.2, 0.25) is 0 Å². The smallest absolute Gasteiger partial charge is 0.410 e. The first kappa shape index (κ1) is 27.3. The Morgan fingerprint density at radius 3 is 1.94 bits per heavy atom. The Hall–Kier alpha value is -3.24. The van der Waals surface area contributed by atoms with Gasteiger partial charge in [0.1, 0.15) is 11.5 Å². The van der Waals surface area contributed by atoms with Gasteiger partial charge in [-0.1, -0.05) is 54.6 Å². The molecule has 0 fully saturated rings. The first-order valence-electron chi connectivity index (χ1n) is 10.7. The van der Waals surface area contributed by atoms with Gasteiger partial charge in [0.2, 0.25) is 5.41 Å². The van der Waals surface area contributed by atoms with E-state index in [1.165, 1.54) is 35.0 Å². The third-order valence-electron chi connectivity index (χ3n) is 5.58. The number of fused-ring (bicyclic) bond motifs is 2. The van der Waals surface area contributed by atoms with Gasteiger partial charge in [-0.25, -0.2) is 0 Å². The molecule has 0 saturated heterocycles. The molecule has 0 aliphatic heterocycles. The van der Waals surface area contributed by atoms with E-state index in [-0.39, 0.29) is 11.1 Å². The van der Waals surface area contributed by atoms with Crippen molar-refractivity contribution in [2.24, 2.45) is 5.41 Å². The van der Waals surface area contributed by atoms with E-state index >= 15 is 0 Å². The number of halogens is 6. The SMILES string of the molecule is COCOC1=Cc2ccccc2CC1(C(F)(F)F)C(F)(F)F.COCOc1ccc2ccccc2c1. The molecular formula is C26H24F6O4. The summed E-state index contributed by atoms with van der Waals surface area (Å²) in [5.41, 5.74) is -3.85. The number of rotatable bonds is 6. The van der Waals surface area contributed by atoms with E-state index in [0.29, 0.717) is 6.79 Å². The van der Waals surface area contributed by atoms with Crippen molar-refractivity contribution < 1.29 is 45.3 Å². The van der Waals surface area contributed by atoms with Crippen molar-refractivity contribution in [3.05, 3.63) is 83.6 Å². The predicted molar refractivity (Wildman–Crippen MR) is 122 cm³/mol. The minimum absolute atomic E-state index is 0.0399. The second kappa shape index (κ2) is 11.2. The summed E-state index contributed by atoms with van der Waals surface area (Å²) in [4.78, 5) is 0. The lowest BCUT2D eigenvalue weighted by Crippen LogP contribution is -2.54. The van der Waals surface area contributed by atoms with E-state index in [1.54, 1.807) is 7.11 Å². The van der Waals surface area contributed by atoms with Crippen LogP contribution in [0, 0.1) is 5.41 Å². The van der Waals surface area contributed by atoms with Gasteiger partial charge in [0.25, 0.3) is 0 Å². The molecule has 0 radical (unpaired) electrons. The molecular weight excluding hydrogens is 490 g/mol. The van der Waals surface area contributed by atoms with Gasteiger partial charge in [-0.15, -0.1) is 0 Å². The standard InChI is InChI=1S/C14H12F6O2.C12H12O2/c1-21-8-22-11-6-9-4-2-3-5-10(9)7-12(11,13(15,16)17)14(18,19)20;1-13-9-14-12-7-6-10-4-2-3-5-11(10)8-12/h2-6H,7-8H2,1H3;2-8H,9H2,1H3. The lowest BCUT2D eigenvalue weighted by atomic mass is 9.73. The lowest BCUT2D eigenvalue weighted by Gasteiger charge is -2.40.